The third kappa shape index (κ3) is 4.75. The Balaban J connectivity index is 3.82. The fourth-order valence-corrected chi connectivity index (χ4v) is 3.20. The molecule has 0 aliphatic carbocycles. The molecule has 0 aliphatic heterocycles. The third-order valence-corrected chi connectivity index (χ3v) is 5.74. The van der Waals surface area contributed by atoms with Crippen LogP contribution in [0.4, 0.5) is 0 Å². The van der Waals surface area contributed by atoms with E-state index in [0.717, 1.165) is 25.3 Å². The minimum atomic E-state index is -2.36. The Kier molecular flexibility index (Phi) is 7.86. The Morgan fingerprint density at radius 1 is 1.14 bits per heavy atom. The topological polar surface area (TPSA) is 27.7 Å². The summed E-state index contributed by atoms with van der Waals surface area (Å²) in [6.07, 6.45) is 2.98. The molecular formula is C9H21ClO3Si. The predicted octanol–water partition coefficient (Wildman–Crippen LogP) is 2.66. The molecule has 0 aromatic heterocycles. The molecule has 0 bridgehead atoms. The van der Waals surface area contributed by atoms with Crippen molar-refractivity contribution in [2.24, 2.45) is 0 Å². The van der Waals surface area contributed by atoms with Crippen LogP contribution in [0.5, 0.6) is 0 Å². The zero-order valence-corrected chi connectivity index (χ0v) is 11.3. The van der Waals surface area contributed by atoms with Gasteiger partial charge in [-0.05, 0) is 19.3 Å². The molecule has 14 heavy (non-hydrogen) atoms. The number of hydrogen-bond donors (Lipinski definition) is 0. The first-order chi connectivity index (χ1) is 6.64. The number of hydrogen-bond acceptors (Lipinski definition) is 3. The lowest BCUT2D eigenvalue weighted by atomic mass is 10.2. The molecule has 0 saturated carbocycles. The van der Waals surface area contributed by atoms with Crippen LogP contribution < -0.4 is 0 Å². The summed E-state index contributed by atoms with van der Waals surface area (Å²) in [5.41, 5.74) is 0. The van der Waals surface area contributed by atoms with Gasteiger partial charge < -0.3 is 13.3 Å². The van der Waals surface area contributed by atoms with Crippen LogP contribution >= 0.6 is 11.6 Å². The molecule has 0 radical (unpaired) electrons. The Morgan fingerprint density at radius 2 is 1.64 bits per heavy atom. The SMILES string of the molecule is CCC(Cl)CCC[Si](OC)(OC)OC. The highest BCUT2D eigenvalue weighted by Gasteiger charge is 2.36. The second kappa shape index (κ2) is 7.65. The fraction of sp³-hybridized carbons (Fsp3) is 1.00. The molecule has 0 saturated heterocycles. The Hall–Kier alpha value is 0.387. The van der Waals surface area contributed by atoms with Crippen molar-refractivity contribution in [3.8, 4) is 0 Å². The summed E-state index contributed by atoms with van der Waals surface area (Å²) in [7, 11) is 2.55. The minimum Gasteiger partial charge on any atom is -0.377 e. The van der Waals surface area contributed by atoms with Gasteiger partial charge in [-0.2, -0.15) is 0 Å². The van der Waals surface area contributed by atoms with Gasteiger partial charge in [0.15, 0.2) is 0 Å². The van der Waals surface area contributed by atoms with Crippen LogP contribution in [-0.4, -0.2) is 35.5 Å². The van der Waals surface area contributed by atoms with Crippen molar-refractivity contribution in [2.75, 3.05) is 21.3 Å². The molecule has 0 N–H and O–H groups in total. The summed E-state index contributed by atoms with van der Waals surface area (Å²) in [5, 5.41) is 0.257. The average molecular weight is 241 g/mol. The monoisotopic (exact) mass is 240 g/mol. The molecule has 3 nitrogen and oxygen atoms in total. The van der Waals surface area contributed by atoms with E-state index >= 15 is 0 Å². The summed E-state index contributed by atoms with van der Waals surface area (Å²) in [4.78, 5) is 0. The fourth-order valence-electron chi connectivity index (χ4n) is 1.30. The van der Waals surface area contributed by atoms with Gasteiger partial charge in [0.05, 0.1) is 0 Å². The molecule has 0 spiro atoms. The van der Waals surface area contributed by atoms with Crippen molar-refractivity contribution in [1.82, 2.24) is 0 Å². The summed E-state index contributed by atoms with van der Waals surface area (Å²) < 4.78 is 15.9. The van der Waals surface area contributed by atoms with Crippen LogP contribution in [0.2, 0.25) is 6.04 Å². The van der Waals surface area contributed by atoms with Crippen LogP contribution in [-0.2, 0) is 13.3 Å². The molecule has 0 fully saturated rings. The Bertz CT molecular complexity index is 134. The third-order valence-electron chi connectivity index (χ3n) is 2.38. The van der Waals surface area contributed by atoms with Crippen molar-refractivity contribution in [3.05, 3.63) is 0 Å². The first kappa shape index (κ1) is 14.4. The number of rotatable bonds is 8. The summed E-state index contributed by atoms with van der Waals surface area (Å²) in [6, 6.07) is 0.833. The lowest BCUT2D eigenvalue weighted by Crippen LogP contribution is -2.42. The first-order valence-electron chi connectivity index (χ1n) is 4.93. The predicted molar refractivity (Wildman–Crippen MR) is 60.8 cm³/mol. The highest BCUT2D eigenvalue weighted by molar-refractivity contribution is 6.60. The van der Waals surface area contributed by atoms with Crippen LogP contribution in [0.3, 0.4) is 0 Å². The van der Waals surface area contributed by atoms with E-state index in [9.17, 15) is 0 Å². The second-order valence-electron chi connectivity index (χ2n) is 3.19. The van der Waals surface area contributed by atoms with Crippen LogP contribution in [0.15, 0.2) is 0 Å². The van der Waals surface area contributed by atoms with Crippen LogP contribution in [0.1, 0.15) is 26.2 Å². The second-order valence-corrected chi connectivity index (χ2v) is 6.90. The van der Waals surface area contributed by atoms with Crippen molar-refractivity contribution in [1.29, 1.82) is 0 Å². The largest absolute Gasteiger partial charge is 0.500 e. The maximum absolute atomic E-state index is 6.02. The molecule has 86 valence electrons. The van der Waals surface area contributed by atoms with Crippen molar-refractivity contribution in [2.45, 2.75) is 37.6 Å². The molecule has 1 atom stereocenters. The molecule has 0 aromatic rings. The average Bonchev–Trinajstić information content (AvgIpc) is 2.25. The molecule has 0 aromatic carbocycles. The molecule has 0 rings (SSSR count). The van der Waals surface area contributed by atoms with Gasteiger partial charge in [0.25, 0.3) is 0 Å². The van der Waals surface area contributed by atoms with Gasteiger partial charge in [0, 0.05) is 32.8 Å². The number of alkyl halides is 1. The molecular weight excluding hydrogens is 220 g/mol. The van der Waals surface area contributed by atoms with Crippen LogP contribution in [0.25, 0.3) is 0 Å². The highest BCUT2D eigenvalue weighted by atomic mass is 35.5. The van der Waals surface area contributed by atoms with E-state index in [4.69, 9.17) is 24.9 Å². The van der Waals surface area contributed by atoms with Gasteiger partial charge in [-0.1, -0.05) is 6.92 Å². The normalized spacial score (nSPS) is 14.4. The lowest BCUT2D eigenvalue weighted by Gasteiger charge is -2.24. The van der Waals surface area contributed by atoms with Gasteiger partial charge in [-0.15, -0.1) is 11.6 Å². The minimum absolute atomic E-state index is 0.257. The van der Waals surface area contributed by atoms with E-state index in [0.29, 0.717) is 0 Å². The zero-order chi connectivity index (χ0) is 11.0. The molecule has 0 amide bonds. The molecule has 5 heteroatoms. The summed E-state index contributed by atoms with van der Waals surface area (Å²) in [5.74, 6) is 0. The van der Waals surface area contributed by atoms with E-state index in [1.54, 1.807) is 21.3 Å². The van der Waals surface area contributed by atoms with Crippen molar-refractivity contribution in [3.63, 3.8) is 0 Å². The molecule has 1 unspecified atom stereocenters. The van der Waals surface area contributed by atoms with Gasteiger partial charge in [0.1, 0.15) is 0 Å². The summed E-state index contributed by atoms with van der Waals surface area (Å²) in [6.45, 7) is 2.09. The van der Waals surface area contributed by atoms with E-state index in [2.05, 4.69) is 6.92 Å². The lowest BCUT2D eigenvalue weighted by molar-refractivity contribution is 0.123. The van der Waals surface area contributed by atoms with Gasteiger partial charge in [-0.3, -0.25) is 0 Å². The quantitative estimate of drug-likeness (QED) is 0.482. The van der Waals surface area contributed by atoms with Crippen molar-refractivity contribution >= 4 is 20.4 Å². The van der Waals surface area contributed by atoms with Gasteiger partial charge in [0.2, 0.25) is 0 Å². The van der Waals surface area contributed by atoms with E-state index in [1.807, 2.05) is 0 Å². The standard InChI is InChI=1S/C9H21ClO3Si/c1-5-9(10)7-6-8-14(11-2,12-3)13-4/h9H,5-8H2,1-4H3. The van der Waals surface area contributed by atoms with E-state index in [1.165, 1.54) is 0 Å². The van der Waals surface area contributed by atoms with Gasteiger partial charge in [-0.25, -0.2) is 0 Å². The maximum atomic E-state index is 6.02. The van der Waals surface area contributed by atoms with Crippen LogP contribution in [0, 0.1) is 0 Å². The van der Waals surface area contributed by atoms with E-state index in [-0.39, 0.29) is 5.38 Å². The smallest absolute Gasteiger partial charge is 0.377 e. The highest BCUT2D eigenvalue weighted by Crippen LogP contribution is 2.19. The van der Waals surface area contributed by atoms with E-state index < -0.39 is 8.80 Å². The Morgan fingerprint density at radius 3 is 2.00 bits per heavy atom. The zero-order valence-electron chi connectivity index (χ0n) is 9.51. The molecule has 0 aliphatic rings. The maximum Gasteiger partial charge on any atom is 0.500 e. The first-order valence-corrected chi connectivity index (χ1v) is 7.30. The summed E-state index contributed by atoms with van der Waals surface area (Å²) >= 11 is 6.02. The van der Waals surface area contributed by atoms with Gasteiger partial charge >= 0.3 is 8.80 Å². The van der Waals surface area contributed by atoms with Crippen molar-refractivity contribution < 1.29 is 13.3 Å². The Labute approximate surface area is 93.1 Å². The molecule has 0 heterocycles. The number of halogens is 1.